The zero-order chi connectivity index (χ0) is 5.98. The zero-order valence-corrected chi connectivity index (χ0v) is 5.22. The molecule has 1 aliphatic heterocycles. The second kappa shape index (κ2) is 2.46. The first-order valence-electron chi connectivity index (χ1n) is 3.19. The second-order valence-corrected chi connectivity index (χ2v) is 2.49. The Bertz CT molecular complexity index is 66.9. The van der Waals surface area contributed by atoms with Crippen LogP contribution in [-0.2, 0) is 0 Å². The summed E-state index contributed by atoms with van der Waals surface area (Å²) in [6.45, 7) is 3.94. The lowest BCUT2D eigenvalue weighted by molar-refractivity contribution is 0.136. The van der Waals surface area contributed by atoms with Crippen LogP contribution in [0.4, 0.5) is 0 Å². The Morgan fingerprint density at radius 2 is 2.50 bits per heavy atom. The highest BCUT2D eigenvalue weighted by atomic mass is 16.3. The lowest BCUT2D eigenvalue weighted by Crippen LogP contribution is -2.19. The molecule has 0 bridgehead atoms. The van der Waals surface area contributed by atoms with Gasteiger partial charge in [0.25, 0.3) is 0 Å². The maximum absolute atomic E-state index is 9.01. The van der Waals surface area contributed by atoms with Crippen molar-refractivity contribution in [2.24, 2.45) is 5.92 Å². The maximum atomic E-state index is 9.01. The minimum atomic E-state index is -0.120. The topological polar surface area (TPSA) is 32.3 Å². The number of nitrogens with one attached hydrogen (secondary N) is 1. The molecule has 0 saturated carbocycles. The van der Waals surface area contributed by atoms with Gasteiger partial charge in [-0.3, -0.25) is 0 Å². The van der Waals surface area contributed by atoms with Crippen molar-refractivity contribution >= 4 is 0 Å². The van der Waals surface area contributed by atoms with Crippen LogP contribution in [0.15, 0.2) is 0 Å². The second-order valence-electron chi connectivity index (χ2n) is 2.49. The predicted octanol–water partition coefficient (Wildman–Crippen LogP) is -0.0233. The van der Waals surface area contributed by atoms with E-state index < -0.39 is 0 Å². The Labute approximate surface area is 49.9 Å². The molecule has 0 radical (unpaired) electrons. The average molecular weight is 115 g/mol. The van der Waals surface area contributed by atoms with Gasteiger partial charge in [0.05, 0.1) is 6.10 Å². The summed E-state index contributed by atoms with van der Waals surface area (Å²) in [7, 11) is 0. The summed E-state index contributed by atoms with van der Waals surface area (Å²) in [6, 6.07) is 0. The molecule has 2 heteroatoms. The quantitative estimate of drug-likeness (QED) is 0.503. The van der Waals surface area contributed by atoms with Gasteiger partial charge >= 0.3 is 0 Å². The molecule has 0 unspecified atom stereocenters. The molecule has 48 valence electrons. The highest BCUT2D eigenvalue weighted by Gasteiger charge is 2.18. The first-order valence-corrected chi connectivity index (χ1v) is 3.19. The summed E-state index contributed by atoms with van der Waals surface area (Å²) in [6.07, 6.45) is 1.02. The van der Waals surface area contributed by atoms with Gasteiger partial charge in [-0.1, -0.05) is 0 Å². The van der Waals surface area contributed by atoms with Gasteiger partial charge in [0.2, 0.25) is 0 Å². The van der Waals surface area contributed by atoms with Gasteiger partial charge in [-0.25, -0.2) is 0 Å². The highest BCUT2D eigenvalue weighted by Crippen LogP contribution is 2.10. The van der Waals surface area contributed by atoms with Gasteiger partial charge < -0.3 is 10.4 Å². The Kier molecular flexibility index (Phi) is 1.86. The molecule has 0 aromatic heterocycles. The van der Waals surface area contributed by atoms with E-state index >= 15 is 0 Å². The van der Waals surface area contributed by atoms with Crippen LogP contribution in [0.2, 0.25) is 0 Å². The number of hydrogen-bond donors (Lipinski definition) is 2. The fourth-order valence-electron chi connectivity index (χ4n) is 1.09. The molecule has 2 atom stereocenters. The molecule has 1 saturated heterocycles. The van der Waals surface area contributed by atoms with Crippen LogP contribution in [0, 0.1) is 5.92 Å². The molecule has 0 aromatic carbocycles. The molecule has 1 rings (SSSR count). The van der Waals surface area contributed by atoms with Gasteiger partial charge in [0, 0.05) is 6.54 Å². The maximum Gasteiger partial charge on any atom is 0.0552 e. The Morgan fingerprint density at radius 3 is 2.75 bits per heavy atom. The van der Waals surface area contributed by atoms with Crippen molar-refractivity contribution < 1.29 is 5.11 Å². The normalized spacial score (nSPS) is 33.0. The fraction of sp³-hybridized carbons (Fsp3) is 1.00. The Morgan fingerprint density at radius 1 is 1.75 bits per heavy atom. The monoisotopic (exact) mass is 115 g/mol. The van der Waals surface area contributed by atoms with Crippen molar-refractivity contribution in [3.63, 3.8) is 0 Å². The number of hydrogen-bond acceptors (Lipinski definition) is 2. The summed E-state index contributed by atoms with van der Waals surface area (Å²) in [4.78, 5) is 0. The van der Waals surface area contributed by atoms with Crippen molar-refractivity contribution in [2.75, 3.05) is 13.1 Å². The Hall–Kier alpha value is -0.0800. The molecule has 1 heterocycles. The lowest BCUT2D eigenvalue weighted by atomic mass is 10.0. The molecule has 0 aromatic rings. The average Bonchev–Trinajstić information content (AvgIpc) is 2.12. The Balaban J connectivity index is 2.24. The van der Waals surface area contributed by atoms with Crippen LogP contribution >= 0.6 is 0 Å². The van der Waals surface area contributed by atoms with Crippen LogP contribution in [-0.4, -0.2) is 24.3 Å². The van der Waals surface area contributed by atoms with Gasteiger partial charge in [0.1, 0.15) is 0 Å². The first kappa shape index (κ1) is 6.05. The number of rotatable bonds is 1. The van der Waals surface area contributed by atoms with E-state index in [0.717, 1.165) is 19.5 Å². The van der Waals surface area contributed by atoms with Gasteiger partial charge in [-0.15, -0.1) is 0 Å². The highest BCUT2D eigenvalue weighted by molar-refractivity contribution is 4.74. The molecular weight excluding hydrogens is 102 g/mol. The largest absolute Gasteiger partial charge is 0.393 e. The summed E-state index contributed by atoms with van der Waals surface area (Å²) in [5.41, 5.74) is 0. The van der Waals surface area contributed by atoms with Crippen molar-refractivity contribution in [3.05, 3.63) is 0 Å². The van der Waals surface area contributed by atoms with Crippen molar-refractivity contribution in [1.29, 1.82) is 0 Å². The molecule has 0 aliphatic carbocycles. The molecule has 2 nitrogen and oxygen atoms in total. The zero-order valence-electron chi connectivity index (χ0n) is 5.22. The molecule has 1 fully saturated rings. The molecule has 2 N–H and O–H groups in total. The third-order valence-corrected chi connectivity index (χ3v) is 1.78. The minimum Gasteiger partial charge on any atom is -0.393 e. The first-order chi connectivity index (χ1) is 3.80. The third-order valence-electron chi connectivity index (χ3n) is 1.78. The molecule has 8 heavy (non-hydrogen) atoms. The SMILES string of the molecule is C[C@@H](O)[C@@H]1CCNC1. The van der Waals surface area contributed by atoms with Gasteiger partial charge in [-0.05, 0) is 25.8 Å². The summed E-state index contributed by atoms with van der Waals surface area (Å²) in [5.74, 6) is 0.509. The fourth-order valence-corrected chi connectivity index (χ4v) is 1.09. The molecular formula is C6H13NO. The number of aliphatic hydroxyl groups excluding tert-OH is 1. The number of aliphatic hydroxyl groups is 1. The molecule has 0 spiro atoms. The van der Waals surface area contributed by atoms with Crippen LogP contribution in [0.25, 0.3) is 0 Å². The van der Waals surface area contributed by atoms with E-state index in [0.29, 0.717) is 5.92 Å². The van der Waals surface area contributed by atoms with E-state index in [1.807, 2.05) is 6.92 Å². The van der Waals surface area contributed by atoms with E-state index in [4.69, 9.17) is 5.11 Å². The van der Waals surface area contributed by atoms with E-state index in [1.165, 1.54) is 0 Å². The van der Waals surface area contributed by atoms with Crippen LogP contribution < -0.4 is 5.32 Å². The van der Waals surface area contributed by atoms with Crippen LogP contribution in [0.1, 0.15) is 13.3 Å². The van der Waals surface area contributed by atoms with Gasteiger partial charge in [-0.2, -0.15) is 0 Å². The van der Waals surface area contributed by atoms with Crippen molar-refractivity contribution in [2.45, 2.75) is 19.4 Å². The standard InChI is InChI=1S/C6H13NO/c1-5(8)6-2-3-7-4-6/h5-8H,2-4H2,1H3/t5-,6-/m1/s1. The van der Waals surface area contributed by atoms with E-state index in [-0.39, 0.29) is 6.10 Å². The lowest BCUT2D eigenvalue weighted by Gasteiger charge is -2.09. The van der Waals surface area contributed by atoms with Crippen LogP contribution in [0.3, 0.4) is 0 Å². The summed E-state index contributed by atoms with van der Waals surface area (Å²) in [5, 5.41) is 12.2. The minimum absolute atomic E-state index is 0.120. The van der Waals surface area contributed by atoms with Crippen molar-refractivity contribution in [1.82, 2.24) is 5.32 Å². The third kappa shape index (κ3) is 1.20. The van der Waals surface area contributed by atoms with E-state index in [9.17, 15) is 0 Å². The van der Waals surface area contributed by atoms with Crippen molar-refractivity contribution in [3.8, 4) is 0 Å². The van der Waals surface area contributed by atoms with Crippen LogP contribution in [0.5, 0.6) is 0 Å². The predicted molar refractivity (Wildman–Crippen MR) is 32.7 cm³/mol. The summed E-state index contributed by atoms with van der Waals surface area (Å²) < 4.78 is 0. The smallest absolute Gasteiger partial charge is 0.0552 e. The van der Waals surface area contributed by atoms with E-state index in [1.54, 1.807) is 0 Å². The molecule has 0 amide bonds. The van der Waals surface area contributed by atoms with Gasteiger partial charge in [0.15, 0.2) is 0 Å². The van der Waals surface area contributed by atoms with E-state index in [2.05, 4.69) is 5.32 Å². The molecule has 1 aliphatic rings. The summed E-state index contributed by atoms with van der Waals surface area (Å²) >= 11 is 0.